The number of amides is 1. The van der Waals surface area contributed by atoms with E-state index in [2.05, 4.69) is 36.0 Å². The topological polar surface area (TPSA) is 128 Å². The van der Waals surface area contributed by atoms with Crippen LogP contribution in [0.25, 0.3) is 16.6 Å². The first-order chi connectivity index (χ1) is 20.1. The fourth-order valence-corrected chi connectivity index (χ4v) is 4.78. The second-order valence-electron chi connectivity index (χ2n) is 9.70. The highest BCUT2D eigenvalue weighted by Crippen LogP contribution is 2.34. The lowest BCUT2D eigenvalue weighted by Crippen LogP contribution is -2.19. The standard InChI is InChI=1S/C30H30N8O3/c1-3-40-27-16-24-23(15-25(27)37-29(39)9-7-20-5-4-11-31-20)30(34-17-32-24)36-21-6-8-26(19(2)13-21)41-22-10-12-38-28(14-22)33-18-35-38/h6-10,12-18,20,31H,3-5,11H2,1-2H3,(H,37,39)(H,32,34,36). The van der Waals surface area contributed by atoms with Crippen LogP contribution in [0.4, 0.5) is 17.2 Å². The molecule has 208 valence electrons. The van der Waals surface area contributed by atoms with E-state index in [4.69, 9.17) is 9.47 Å². The molecule has 41 heavy (non-hydrogen) atoms. The first-order valence-electron chi connectivity index (χ1n) is 13.5. The van der Waals surface area contributed by atoms with Gasteiger partial charge in [-0.3, -0.25) is 4.79 Å². The van der Waals surface area contributed by atoms with Crippen molar-refractivity contribution in [1.29, 1.82) is 0 Å². The molecule has 1 aliphatic heterocycles. The van der Waals surface area contributed by atoms with Gasteiger partial charge < -0.3 is 25.4 Å². The van der Waals surface area contributed by atoms with Crippen LogP contribution in [-0.2, 0) is 4.79 Å². The van der Waals surface area contributed by atoms with Gasteiger partial charge in [0.25, 0.3) is 0 Å². The van der Waals surface area contributed by atoms with E-state index in [1.807, 2.05) is 62.4 Å². The second kappa shape index (κ2) is 11.6. The molecule has 0 saturated carbocycles. The van der Waals surface area contributed by atoms with Crippen molar-refractivity contribution in [2.24, 2.45) is 0 Å². The predicted octanol–water partition coefficient (Wildman–Crippen LogP) is 5.16. The Morgan fingerprint density at radius 1 is 1.12 bits per heavy atom. The fourth-order valence-electron chi connectivity index (χ4n) is 4.78. The minimum absolute atomic E-state index is 0.222. The van der Waals surface area contributed by atoms with Crippen LogP contribution in [0.2, 0.25) is 0 Å². The summed E-state index contributed by atoms with van der Waals surface area (Å²) in [6, 6.07) is 13.4. The molecule has 0 spiro atoms. The van der Waals surface area contributed by atoms with Crippen molar-refractivity contribution in [2.45, 2.75) is 32.7 Å². The Morgan fingerprint density at radius 2 is 2.05 bits per heavy atom. The van der Waals surface area contributed by atoms with Gasteiger partial charge in [0.15, 0.2) is 5.65 Å². The van der Waals surface area contributed by atoms with Crippen molar-refractivity contribution in [1.82, 2.24) is 29.9 Å². The van der Waals surface area contributed by atoms with Gasteiger partial charge in [0.1, 0.15) is 35.7 Å². The Bertz CT molecular complexity index is 1740. The number of nitrogens with one attached hydrogen (secondary N) is 3. The van der Waals surface area contributed by atoms with Crippen LogP contribution < -0.4 is 25.4 Å². The van der Waals surface area contributed by atoms with E-state index in [0.717, 1.165) is 41.8 Å². The van der Waals surface area contributed by atoms with Gasteiger partial charge in [0.05, 0.1) is 17.8 Å². The number of hydrogen-bond donors (Lipinski definition) is 3. The molecule has 0 bridgehead atoms. The van der Waals surface area contributed by atoms with Gasteiger partial charge in [-0.25, -0.2) is 19.5 Å². The summed E-state index contributed by atoms with van der Waals surface area (Å²) in [5, 5.41) is 14.6. The molecule has 1 atom stereocenters. The van der Waals surface area contributed by atoms with Gasteiger partial charge in [0, 0.05) is 41.5 Å². The normalized spacial score (nSPS) is 15.0. The molecule has 3 N–H and O–H groups in total. The second-order valence-corrected chi connectivity index (χ2v) is 9.70. The Labute approximate surface area is 236 Å². The molecule has 11 nitrogen and oxygen atoms in total. The van der Waals surface area contributed by atoms with Gasteiger partial charge in [-0.05, 0) is 69.1 Å². The lowest BCUT2D eigenvalue weighted by Gasteiger charge is -2.15. The highest BCUT2D eigenvalue weighted by atomic mass is 16.5. The molecule has 2 aromatic carbocycles. The number of pyridine rings is 1. The van der Waals surface area contributed by atoms with E-state index in [0.29, 0.717) is 40.8 Å². The quantitative estimate of drug-likeness (QED) is 0.213. The van der Waals surface area contributed by atoms with Gasteiger partial charge in [-0.1, -0.05) is 6.08 Å². The Balaban J connectivity index is 1.23. The third-order valence-corrected chi connectivity index (χ3v) is 6.79. The van der Waals surface area contributed by atoms with Crippen molar-refractivity contribution in [3.05, 3.63) is 79.0 Å². The number of nitrogens with zero attached hydrogens (tertiary/aromatic N) is 5. The highest BCUT2D eigenvalue weighted by Gasteiger charge is 2.15. The highest BCUT2D eigenvalue weighted by molar-refractivity contribution is 6.03. The number of fused-ring (bicyclic) bond motifs is 2. The number of anilines is 3. The molecule has 6 rings (SSSR count). The van der Waals surface area contributed by atoms with Crippen LogP contribution in [0.15, 0.2) is 73.5 Å². The molecule has 11 heteroatoms. The molecular formula is C30H30N8O3. The number of aryl methyl sites for hydroxylation is 1. The van der Waals surface area contributed by atoms with Crippen LogP contribution in [0.5, 0.6) is 17.2 Å². The summed E-state index contributed by atoms with van der Waals surface area (Å²) in [4.78, 5) is 25.9. The molecule has 1 aliphatic rings. The summed E-state index contributed by atoms with van der Waals surface area (Å²) in [6.45, 7) is 5.30. The van der Waals surface area contributed by atoms with Crippen molar-refractivity contribution in [3.8, 4) is 17.2 Å². The van der Waals surface area contributed by atoms with Gasteiger partial charge >= 0.3 is 0 Å². The average molecular weight is 551 g/mol. The van der Waals surface area contributed by atoms with Crippen LogP contribution in [-0.4, -0.2) is 49.7 Å². The van der Waals surface area contributed by atoms with E-state index < -0.39 is 0 Å². The number of carbonyl (C=O) groups excluding carboxylic acids is 1. The van der Waals surface area contributed by atoms with Gasteiger partial charge in [-0.15, -0.1) is 0 Å². The van der Waals surface area contributed by atoms with E-state index in [9.17, 15) is 4.79 Å². The fraction of sp³-hybridized carbons (Fsp3) is 0.233. The SMILES string of the molecule is CCOc1cc2ncnc(Nc3ccc(Oc4ccn5ncnc5c4)c(C)c3)c2cc1NC(=O)C=CC1CCCN1. The molecule has 1 unspecified atom stereocenters. The molecule has 1 saturated heterocycles. The third kappa shape index (κ3) is 5.94. The summed E-state index contributed by atoms with van der Waals surface area (Å²) in [6.07, 6.45) is 10.4. The molecule has 5 aromatic rings. The number of ether oxygens (including phenoxy) is 2. The number of aromatic nitrogens is 5. The summed E-state index contributed by atoms with van der Waals surface area (Å²) in [5.41, 5.74) is 3.71. The van der Waals surface area contributed by atoms with Crippen molar-refractivity contribution < 1.29 is 14.3 Å². The molecule has 1 amide bonds. The lowest BCUT2D eigenvalue weighted by molar-refractivity contribution is -0.111. The molecule has 0 radical (unpaired) electrons. The largest absolute Gasteiger partial charge is 0.492 e. The summed E-state index contributed by atoms with van der Waals surface area (Å²) in [7, 11) is 0. The minimum Gasteiger partial charge on any atom is -0.492 e. The Kier molecular flexibility index (Phi) is 7.42. The zero-order valence-electron chi connectivity index (χ0n) is 22.8. The average Bonchev–Trinajstić information content (AvgIpc) is 3.66. The first kappa shape index (κ1) is 26.2. The molecule has 0 aliphatic carbocycles. The van der Waals surface area contributed by atoms with Crippen molar-refractivity contribution in [3.63, 3.8) is 0 Å². The molecular weight excluding hydrogens is 520 g/mol. The maximum atomic E-state index is 12.7. The molecule has 1 fully saturated rings. The molecule has 3 aromatic heterocycles. The Morgan fingerprint density at radius 3 is 2.88 bits per heavy atom. The van der Waals surface area contributed by atoms with Crippen LogP contribution in [0.1, 0.15) is 25.3 Å². The van der Waals surface area contributed by atoms with Crippen LogP contribution in [0, 0.1) is 6.92 Å². The summed E-state index contributed by atoms with van der Waals surface area (Å²) < 4.78 is 13.6. The van der Waals surface area contributed by atoms with Crippen molar-refractivity contribution >= 4 is 39.6 Å². The summed E-state index contributed by atoms with van der Waals surface area (Å²) >= 11 is 0. The number of hydrogen-bond acceptors (Lipinski definition) is 9. The van der Waals surface area contributed by atoms with Crippen LogP contribution in [0.3, 0.4) is 0 Å². The predicted molar refractivity (Wildman–Crippen MR) is 157 cm³/mol. The van der Waals surface area contributed by atoms with E-state index in [1.54, 1.807) is 16.8 Å². The van der Waals surface area contributed by atoms with Gasteiger partial charge in [0.2, 0.25) is 5.91 Å². The Hall–Kier alpha value is -5.03. The first-order valence-corrected chi connectivity index (χ1v) is 13.5. The third-order valence-electron chi connectivity index (χ3n) is 6.79. The molecule has 4 heterocycles. The van der Waals surface area contributed by atoms with Gasteiger partial charge in [-0.2, -0.15) is 5.10 Å². The van der Waals surface area contributed by atoms with E-state index >= 15 is 0 Å². The van der Waals surface area contributed by atoms with E-state index in [-0.39, 0.29) is 11.9 Å². The van der Waals surface area contributed by atoms with Crippen LogP contribution >= 0.6 is 0 Å². The monoisotopic (exact) mass is 550 g/mol. The van der Waals surface area contributed by atoms with Crippen molar-refractivity contribution in [2.75, 3.05) is 23.8 Å². The minimum atomic E-state index is -0.222. The maximum absolute atomic E-state index is 12.7. The van der Waals surface area contributed by atoms with E-state index in [1.165, 1.54) is 12.7 Å². The zero-order valence-corrected chi connectivity index (χ0v) is 22.8. The number of benzene rings is 2. The maximum Gasteiger partial charge on any atom is 0.248 e. The number of carbonyl (C=O) groups is 1. The smallest absolute Gasteiger partial charge is 0.248 e. The number of rotatable bonds is 9. The summed E-state index contributed by atoms with van der Waals surface area (Å²) in [5.74, 6) is 2.32. The zero-order chi connectivity index (χ0) is 28.2. The lowest BCUT2D eigenvalue weighted by atomic mass is 10.1.